The van der Waals surface area contributed by atoms with Crippen LogP contribution in [0.2, 0.25) is 5.02 Å². The maximum atomic E-state index is 12.1. The summed E-state index contributed by atoms with van der Waals surface area (Å²) < 4.78 is 6.86. The lowest BCUT2D eigenvalue weighted by molar-refractivity contribution is -0.148. The Morgan fingerprint density at radius 2 is 2.08 bits per heavy atom. The van der Waals surface area contributed by atoms with Crippen LogP contribution in [0.1, 0.15) is 23.9 Å². The highest BCUT2D eigenvalue weighted by Crippen LogP contribution is 2.16. The highest BCUT2D eigenvalue weighted by Gasteiger charge is 2.17. The third-order valence-electron chi connectivity index (χ3n) is 3.71. The van der Waals surface area contributed by atoms with Crippen LogP contribution in [-0.2, 0) is 21.4 Å². The maximum absolute atomic E-state index is 12.1. The fourth-order valence-corrected chi connectivity index (χ4v) is 2.45. The van der Waals surface area contributed by atoms with Gasteiger partial charge in [0.2, 0.25) is 0 Å². The third-order valence-corrected chi connectivity index (χ3v) is 3.94. The summed E-state index contributed by atoms with van der Waals surface area (Å²) in [6.07, 6.45) is 1.99. The lowest BCUT2D eigenvalue weighted by Crippen LogP contribution is -2.29. The predicted molar refractivity (Wildman–Crippen MR) is 97.4 cm³/mol. The van der Waals surface area contributed by atoms with Crippen LogP contribution in [0.4, 0.5) is 5.69 Å². The summed E-state index contributed by atoms with van der Waals surface area (Å²) in [6, 6.07) is 6.73. The maximum Gasteiger partial charge on any atom is 0.331 e. The topological polar surface area (TPSA) is 73.2 Å². The first-order valence-electron chi connectivity index (χ1n) is 7.73. The van der Waals surface area contributed by atoms with Crippen LogP contribution < -0.4 is 5.32 Å². The number of aryl methyl sites for hydroxylation is 2. The van der Waals surface area contributed by atoms with Gasteiger partial charge in [-0.3, -0.25) is 9.48 Å². The standard InChI is InChI=1S/C18H20ClN3O3/c1-11-16(12(2)22(4)21-11)8-9-17(23)25-13(3)18(24)20-15-7-5-6-14(19)10-15/h5-10,13H,1-4H3,(H,20,24)/b9-8+/t13-/m0/s1. The van der Waals surface area contributed by atoms with Gasteiger partial charge in [-0.15, -0.1) is 0 Å². The van der Waals surface area contributed by atoms with Crippen LogP contribution in [0.15, 0.2) is 30.3 Å². The average Bonchev–Trinajstić information content (AvgIpc) is 2.78. The Morgan fingerprint density at radius 1 is 1.36 bits per heavy atom. The molecule has 132 valence electrons. The van der Waals surface area contributed by atoms with Crippen molar-refractivity contribution in [3.8, 4) is 0 Å². The lowest BCUT2D eigenvalue weighted by Gasteiger charge is -2.12. The number of ether oxygens (including phenoxy) is 1. The number of carbonyl (C=O) groups is 2. The highest BCUT2D eigenvalue weighted by molar-refractivity contribution is 6.30. The van der Waals surface area contributed by atoms with E-state index in [0.29, 0.717) is 10.7 Å². The molecule has 6 nitrogen and oxygen atoms in total. The second-order valence-electron chi connectivity index (χ2n) is 5.62. The van der Waals surface area contributed by atoms with Crippen molar-refractivity contribution < 1.29 is 14.3 Å². The Kier molecular flexibility index (Phi) is 5.98. The molecule has 1 amide bonds. The Labute approximate surface area is 151 Å². The zero-order valence-corrected chi connectivity index (χ0v) is 15.3. The molecule has 1 atom stereocenters. The number of benzene rings is 1. The van der Waals surface area contributed by atoms with Crippen molar-refractivity contribution >= 4 is 35.2 Å². The highest BCUT2D eigenvalue weighted by atomic mass is 35.5. The fraction of sp³-hybridized carbons (Fsp3) is 0.278. The second-order valence-corrected chi connectivity index (χ2v) is 6.06. The monoisotopic (exact) mass is 361 g/mol. The lowest BCUT2D eigenvalue weighted by atomic mass is 10.2. The number of nitrogens with one attached hydrogen (secondary N) is 1. The molecule has 1 N–H and O–H groups in total. The first kappa shape index (κ1) is 18.7. The van der Waals surface area contributed by atoms with Gasteiger partial charge in [0.15, 0.2) is 6.10 Å². The number of hydrogen-bond donors (Lipinski definition) is 1. The Balaban J connectivity index is 1.95. The molecule has 0 spiro atoms. The summed E-state index contributed by atoms with van der Waals surface area (Å²) in [4.78, 5) is 24.0. The number of esters is 1. The van der Waals surface area contributed by atoms with E-state index in [9.17, 15) is 9.59 Å². The van der Waals surface area contributed by atoms with Gasteiger partial charge in [0.1, 0.15) is 0 Å². The summed E-state index contributed by atoms with van der Waals surface area (Å²) in [5.41, 5.74) is 3.15. The van der Waals surface area contributed by atoms with Crippen molar-refractivity contribution in [1.29, 1.82) is 0 Å². The Hall–Kier alpha value is -2.60. The smallest absolute Gasteiger partial charge is 0.331 e. The molecule has 0 unspecified atom stereocenters. The van der Waals surface area contributed by atoms with Gasteiger partial charge in [-0.25, -0.2) is 4.79 Å². The molecule has 2 aromatic rings. The molecule has 1 aromatic carbocycles. The summed E-state index contributed by atoms with van der Waals surface area (Å²) in [6.45, 7) is 5.28. The summed E-state index contributed by atoms with van der Waals surface area (Å²) in [7, 11) is 1.83. The average molecular weight is 362 g/mol. The number of rotatable bonds is 5. The van der Waals surface area contributed by atoms with Crippen molar-refractivity contribution in [2.45, 2.75) is 26.9 Å². The van der Waals surface area contributed by atoms with Gasteiger partial charge >= 0.3 is 5.97 Å². The first-order valence-corrected chi connectivity index (χ1v) is 8.11. The minimum atomic E-state index is -0.938. The van der Waals surface area contributed by atoms with Crippen molar-refractivity contribution in [2.24, 2.45) is 7.05 Å². The number of amides is 1. The van der Waals surface area contributed by atoms with E-state index < -0.39 is 18.0 Å². The number of nitrogens with zero attached hydrogens (tertiary/aromatic N) is 2. The summed E-state index contributed by atoms with van der Waals surface area (Å²) in [5, 5.41) is 7.42. The number of anilines is 1. The molecule has 0 saturated carbocycles. The number of halogens is 1. The van der Waals surface area contributed by atoms with E-state index in [1.54, 1.807) is 35.0 Å². The molecule has 0 aliphatic rings. The van der Waals surface area contributed by atoms with Gasteiger partial charge in [0.25, 0.3) is 5.91 Å². The van der Waals surface area contributed by atoms with Crippen molar-refractivity contribution in [3.63, 3.8) is 0 Å². The predicted octanol–water partition coefficient (Wildman–Crippen LogP) is 3.27. The van der Waals surface area contributed by atoms with E-state index in [0.717, 1.165) is 17.0 Å². The van der Waals surface area contributed by atoms with E-state index >= 15 is 0 Å². The van der Waals surface area contributed by atoms with E-state index in [4.69, 9.17) is 16.3 Å². The molecule has 0 bridgehead atoms. The molecule has 0 fully saturated rings. The Bertz CT molecular complexity index is 827. The second kappa shape index (κ2) is 7.98. The zero-order valence-electron chi connectivity index (χ0n) is 14.5. The largest absolute Gasteiger partial charge is 0.449 e. The van der Waals surface area contributed by atoms with Gasteiger partial charge in [-0.1, -0.05) is 17.7 Å². The van der Waals surface area contributed by atoms with E-state index in [1.807, 2.05) is 20.9 Å². The van der Waals surface area contributed by atoms with Crippen LogP contribution in [-0.4, -0.2) is 27.8 Å². The number of aromatic nitrogens is 2. The normalized spacial score (nSPS) is 12.2. The molecular weight excluding hydrogens is 342 g/mol. The third kappa shape index (κ3) is 4.93. The molecule has 0 aliphatic heterocycles. The number of hydrogen-bond acceptors (Lipinski definition) is 4. The minimum Gasteiger partial charge on any atom is -0.449 e. The molecule has 1 heterocycles. The van der Waals surface area contributed by atoms with Gasteiger partial charge in [0, 0.05) is 35.1 Å². The molecule has 2 rings (SSSR count). The van der Waals surface area contributed by atoms with Crippen LogP contribution in [0.3, 0.4) is 0 Å². The van der Waals surface area contributed by atoms with E-state index in [1.165, 1.54) is 13.0 Å². The molecule has 25 heavy (non-hydrogen) atoms. The first-order chi connectivity index (χ1) is 11.8. The van der Waals surface area contributed by atoms with Gasteiger partial charge < -0.3 is 10.1 Å². The van der Waals surface area contributed by atoms with Gasteiger partial charge in [-0.2, -0.15) is 5.10 Å². The van der Waals surface area contributed by atoms with E-state index in [2.05, 4.69) is 10.4 Å². The summed E-state index contributed by atoms with van der Waals surface area (Å²) >= 11 is 5.87. The fourth-order valence-electron chi connectivity index (χ4n) is 2.26. The van der Waals surface area contributed by atoms with Crippen LogP contribution in [0.25, 0.3) is 6.08 Å². The minimum absolute atomic E-state index is 0.433. The SMILES string of the molecule is Cc1nn(C)c(C)c1/C=C/C(=O)O[C@@H](C)C(=O)Nc1cccc(Cl)c1. The molecular formula is C18H20ClN3O3. The quantitative estimate of drug-likeness (QED) is 0.655. The van der Waals surface area contributed by atoms with E-state index in [-0.39, 0.29) is 0 Å². The van der Waals surface area contributed by atoms with Crippen molar-refractivity contribution in [3.05, 3.63) is 52.3 Å². The molecule has 0 aliphatic carbocycles. The Morgan fingerprint density at radius 3 is 2.68 bits per heavy atom. The van der Waals surface area contributed by atoms with Crippen LogP contribution in [0.5, 0.6) is 0 Å². The molecule has 1 aromatic heterocycles. The summed E-state index contributed by atoms with van der Waals surface area (Å²) in [5.74, 6) is -1.03. The molecule has 0 saturated heterocycles. The van der Waals surface area contributed by atoms with Crippen LogP contribution >= 0.6 is 11.6 Å². The van der Waals surface area contributed by atoms with Crippen molar-refractivity contribution in [1.82, 2.24) is 9.78 Å². The molecule has 7 heteroatoms. The molecule has 0 radical (unpaired) electrons. The van der Waals surface area contributed by atoms with Crippen molar-refractivity contribution in [2.75, 3.05) is 5.32 Å². The number of carbonyl (C=O) groups excluding carboxylic acids is 2. The van der Waals surface area contributed by atoms with Gasteiger partial charge in [0.05, 0.1) is 5.69 Å². The van der Waals surface area contributed by atoms with Gasteiger partial charge in [-0.05, 0) is 45.0 Å². The van der Waals surface area contributed by atoms with Crippen LogP contribution in [0, 0.1) is 13.8 Å². The zero-order chi connectivity index (χ0) is 18.6.